The van der Waals surface area contributed by atoms with Crippen molar-refractivity contribution in [1.29, 1.82) is 0 Å². The van der Waals surface area contributed by atoms with E-state index in [-0.39, 0.29) is 12.0 Å². The minimum atomic E-state index is -2.11. The SMILES string of the molecule is CNCC(=Cc1c(F)c(F)c(C(=O)O)c(F)c1F)B1OC(C)(C)C(C)(C)O1. The van der Waals surface area contributed by atoms with Crippen LogP contribution in [0.3, 0.4) is 0 Å². The van der Waals surface area contributed by atoms with E-state index >= 15 is 0 Å². The first-order valence-electron chi connectivity index (χ1n) is 8.14. The van der Waals surface area contributed by atoms with Gasteiger partial charge in [-0.2, -0.15) is 0 Å². The first kappa shape index (κ1) is 21.4. The van der Waals surface area contributed by atoms with Gasteiger partial charge in [0.25, 0.3) is 0 Å². The second kappa shape index (κ2) is 7.25. The van der Waals surface area contributed by atoms with Gasteiger partial charge in [-0.25, -0.2) is 22.4 Å². The van der Waals surface area contributed by atoms with E-state index in [2.05, 4.69) is 5.32 Å². The Morgan fingerprint density at radius 3 is 1.85 bits per heavy atom. The molecule has 148 valence electrons. The Morgan fingerprint density at radius 1 is 1.04 bits per heavy atom. The number of likely N-dealkylation sites (N-methyl/N-ethyl adjacent to an activating group) is 1. The van der Waals surface area contributed by atoms with Crippen molar-refractivity contribution in [1.82, 2.24) is 5.32 Å². The molecule has 1 aromatic rings. The van der Waals surface area contributed by atoms with E-state index < -0.39 is 58.7 Å². The second-order valence-corrected chi connectivity index (χ2v) is 7.19. The lowest BCUT2D eigenvalue weighted by Crippen LogP contribution is -2.41. The van der Waals surface area contributed by atoms with E-state index in [1.807, 2.05) is 0 Å². The highest BCUT2D eigenvalue weighted by Crippen LogP contribution is 2.39. The molecule has 1 heterocycles. The number of rotatable bonds is 5. The average molecular weight is 389 g/mol. The zero-order valence-electron chi connectivity index (χ0n) is 15.5. The van der Waals surface area contributed by atoms with Crippen LogP contribution >= 0.6 is 0 Å². The minimum Gasteiger partial charge on any atom is -0.477 e. The van der Waals surface area contributed by atoms with Crippen LogP contribution in [-0.4, -0.2) is 43.0 Å². The molecule has 1 aromatic carbocycles. The van der Waals surface area contributed by atoms with Crippen LogP contribution in [0, 0.1) is 23.3 Å². The summed E-state index contributed by atoms with van der Waals surface area (Å²) in [6.07, 6.45) is 0.862. The number of hydrogen-bond donors (Lipinski definition) is 2. The second-order valence-electron chi connectivity index (χ2n) is 7.19. The fourth-order valence-electron chi connectivity index (χ4n) is 2.55. The molecule has 0 aromatic heterocycles. The summed E-state index contributed by atoms with van der Waals surface area (Å²) in [5.41, 5.74) is -4.05. The summed E-state index contributed by atoms with van der Waals surface area (Å²) in [5.74, 6) is -9.69. The van der Waals surface area contributed by atoms with Crippen LogP contribution in [0.2, 0.25) is 0 Å². The van der Waals surface area contributed by atoms with Gasteiger partial charge >= 0.3 is 13.1 Å². The molecular formula is C17H20BF4NO4. The monoisotopic (exact) mass is 389 g/mol. The van der Waals surface area contributed by atoms with E-state index in [0.29, 0.717) is 0 Å². The molecule has 1 aliphatic rings. The number of carboxylic acids is 1. The van der Waals surface area contributed by atoms with Gasteiger partial charge in [-0.1, -0.05) is 6.08 Å². The number of benzene rings is 1. The van der Waals surface area contributed by atoms with E-state index in [1.165, 1.54) is 0 Å². The van der Waals surface area contributed by atoms with Crippen molar-refractivity contribution in [3.63, 3.8) is 0 Å². The zero-order chi connectivity index (χ0) is 20.7. The summed E-state index contributed by atoms with van der Waals surface area (Å²) in [7, 11) is 0.534. The maximum atomic E-state index is 14.3. The molecule has 2 rings (SSSR count). The van der Waals surface area contributed by atoms with Crippen molar-refractivity contribution in [3.8, 4) is 0 Å². The molecular weight excluding hydrogens is 369 g/mol. The highest BCUT2D eigenvalue weighted by molar-refractivity contribution is 6.55. The predicted octanol–water partition coefficient (Wildman–Crippen LogP) is 3.18. The maximum Gasteiger partial charge on any atom is 0.491 e. The van der Waals surface area contributed by atoms with Crippen molar-refractivity contribution in [2.75, 3.05) is 13.6 Å². The zero-order valence-corrected chi connectivity index (χ0v) is 15.5. The highest BCUT2D eigenvalue weighted by Gasteiger charge is 2.52. The van der Waals surface area contributed by atoms with Gasteiger partial charge in [0.05, 0.1) is 16.8 Å². The predicted molar refractivity (Wildman–Crippen MR) is 91.2 cm³/mol. The normalized spacial score (nSPS) is 18.9. The van der Waals surface area contributed by atoms with Crippen molar-refractivity contribution >= 4 is 19.2 Å². The summed E-state index contributed by atoms with van der Waals surface area (Å²) in [6, 6.07) is 0. The molecule has 0 bridgehead atoms. The number of aromatic carboxylic acids is 1. The van der Waals surface area contributed by atoms with E-state index in [1.54, 1.807) is 34.7 Å². The molecule has 0 atom stereocenters. The summed E-state index contributed by atoms with van der Waals surface area (Å²) >= 11 is 0. The van der Waals surface area contributed by atoms with Crippen LogP contribution in [0.4, 0.5) is 17.6 Å². The molecule has 1 saturated heterocycles. The third-order valence-electron chi connectivity index (χ3n) is 4.78. The van der Waals surface area contributed by atoms with Crippen LogP contribution in [0.1, 0.15) is 43.6 Å². The number of carbonyl (C=O) groups is 1. The number of halogens is 4. The molecule has 5 nitrogen and oxygen atoms in total. The summed E-state index contributed by atoms with van der Waals surface area (Å²) in [4.78, 5) is 10.9. The van der Waals surface area contributed by atoms with Crippen molar-refractivity contribution in [2.45, 2.75) is 38.9 Å². The van der Waals surface area contributed by atoms with Gasteiger partial charge in [-0.3, -0.25) is 0 Å². The molecule has 0 saturated carbocycles. The van der Waals surface area contributed by atoms with Crippen molar-refractivity contribution < 1.29 is 36.8 Å². The largest absolute Gasteiger partial charge is 0.491 e. The third kappa shape index (κ3) is 3.74. The number of carboxylic acid groups (broad SMARTS) is 1. The maximum absolute atomic E-state index is 14.3. The average Bonchev–Trinajstić information content (AvgIpc) is 2.76. The first-order chi connectivity index (χ1) is 12.3. The molecule has 0 aliphatic carbocycles. The molecule has 0 radical (unpaired) electrons. The molecule has 2 N–H and O–H groups in total. The highest BCUT2D eigenvalue weighted by atomic mass is 19.2. The molecule has 0 amide bonds. The molecule has 10 heteroatoms. The first-order valence-corrected chi connectivity index (χ1v) is 8.14. The standard InChI is InChI=1S/C17H20BF4NO4/c1-16(2)17(3,4)27-18(26-16)8(7-23-5)6-9-11(19)13(21)10(15(24)25)14(22)12(9)20/h6,23H,7H2,1-5H3,(H,24,25). The molecule has 27 heavy (non-hydrogen) atoms. The Labute approximate surface area is 154 Å². The fourth-order valence-corrected chi connectivity index (χ4v) is 2.55. The van der Waals surface area contributed by atoms with Crippen LogP contribution in [-0.2, 0) is 9.31 Å². The van der Waals surface area contributed by atoms with E-state index in [4.69, 9.17) is 14.4 Å². The minimum absolute atomic E-state index is 0.0413. The Balaban J connectivity index is 2.59. The molecule has 1 fully saturated rings. The van der Waals surface area contributed by atoms with Crippen LogP contribution in [0.25, 0.3) is 6.08 Å². The Morgan fingerprint density at radius 2 is 1.48 bits per heavy atom. The summed E-state index contributed by atoms with van der Waals surface area (Å²) in [5, 5.41) is 11.5. The van der Waals surface area contributed by atoms with Crippen LogP contribution in [0.15, 0.2) is 5.47 Å². The Bertz CT molecular complexity index is 766. The van der Waals surface area contributed by atoms with Gasteiger partial charge in [0.1, 0.15) is 5.56 Å². The van der Waals surface area contributed by atoms with Gasteiger partial charge < -0.3 is 19.7 Å². The Kier molecular flexibility index (Phi) is 5.75. The van der Waals surface area contributed by atoms with Gasteiger partial charge in [-0.15, -0.1) is 0 Å². The third-order valence-corrected chi connectivity index (χ3v) is 4.78. The van der Waals surface area contributed by atoms with Gasteiger partial charge in [0.2, 0.25) is 0 Å². The number of nitrogens with one attached hydrogen (secondary N) is 1. The Hall–Kier alpha value is -1.91. The summed E-state index contributed by atoms with van der Waals surface area (Å²) < 4.78 is 68.0. The van der Waals surface area contributed by atoms with Crippen molar-refractivity contribution in [2.24, 2.45) is 0 Å². The molecule has 1 aliphatic heterocycles. The van der Waals surface area contributed by atoms with Crippen molar-refractivity contribution in [3.05, 3.63) is 39.9 Å². The van der Waals surface area contributed by atoms with Gasteiger partial charge in [0, 0.05) is 6.54 Å². The smallest absolute Gasteiger partial charge is 0.477 e. The lowest BCUT2D eigenvalue weighted by Gasteiger charge is -2.32. The van der Waals surface area contributed by atoms with E-state index in [9.17, 15) is 22.4 Å². The quantitative estimate of drug-likeness (QED) is 0.460. The lowest BCUT2D eigenvalue weighted by molar-refractivity contribution is 0.00578. The van der Waals surface area contributed by atoms with Gasteiger partial charge in [0.15, 0.2) is 23.3 Å². The molecule has 0 spiro atoms. The fraction of sp³-hybridized carbons (Fsp3) is 0.471. The lowest BCUT2D eigenvalue weighted by atomic mass is 9.76. The summed E-state index contributed by atoms with van der Waals surface area (Å²) in [6.45, 7) is 7.12. The topological polar surface area (TPSA) is 67.8 Å². The molecule has 0 unspecified atom stereocenters. The van der Waals surface area contributed by atoms with Gasteiger partial charge in [-0.05, 0) is 40.2 Å². The van der Waals surface area contributed by atoms with E-state index in [0.717, 1.165) is 6.08 Å². The van der Waals surface area contributed by atoms with Crippen LogP contribution < -0.4 is 5.32 Å². The van der Waals surface area contributed by atoms with Crippen LogP contribution in [0.5, 0.6) is 0 Å². The number of hydrogen-bond acceptors (Lipinski definition) is 4.